The summed E-state index contributed by atoms with van der Waals surface area (Å²) < 4.78 is 27.3. The van der Waals surface area contributed by atoms with Crippen LogP contribution in [-0.4, -0.2) is 12.3 Å². The topological polar surface area (TPSA) is 12.0 Å². The molecule has 2 rings (SSSR count). The number of hydrogen-bond acceptors (Lipinski definition) is 2. The van der Waals surface area contributed by atoms with Crippen LogP contribution in [0.3, 0.4) is 0 Å². The quantitative estimate of drug-likeness (QED) is 0.744. The Morgan fingerprint density at radius 3 is 2.67 bits per heavy atom. The minimum atomic E-state index is -0.433. The maximum absolute atomic E-state index is 13.9. The monoisotopic (exact) mass is 327 g/mol. The highest BCUT2D eigenvalue weighted by Crippen LogP contribution is 2.31. The smallest absolute Gasteiger partial charge is 0.128 e. The number of rotatable bonds is 6. The third-order valence-corrected chi connectivity index (χ3v) is 4.63. The summed E-state index contributed by atoms with van der Waals surface area (Å²) in [6.07, 6.45) is 0. The molecule has 0 fully saturated rings. The second kappa shape index (κ2) is 7.78. The van der Waals surface area contributed by atoms with Gasteiger partial charge in [-0.15, -0.1) is 11.8 Å². The van der Waals surface area contributed by atoms with Gasteiger partial charge < -0.3 is 5.32 Å². The van der Waals surface area contributed by atoms with Crippen LogP contribution in [0.5, 0.6) is 0 Å². The van der Waals surface area contributed by atoms with E-state index in [1.54, 1.807) is 0 Å². The summed E-state index contributed by atoms with van der Waals surface area (Å²) in [7, 11) is 0. The first-order valence-corrected chi connectivity index (χ1v) is 8.03. The number of benzene rings is 2. The predicted molar refractivity (Wildman–Crippen MR) is 85.0 cm³/mol. The zero-order chi connectivity index (χ0) is 15.2. The molecule has 0 radical (unpaired) electrons. The third-order valence-electron chi connectivity index (χ3n) is 3.03. The highest BCUT2D eigenvalue weighted by molar-refractivity contribution is 7.99. The molecule has 2 aromatic carbocycles. The van der Waals surface area contributed by atoms with Gasteiger partial charge in [0.25, 0.3) is 0 Å². The van der Waals surface area contributed by atoms with Crippen molar-refractivity contribution in [2.75, 3.05) is 12.3 Å². The molecule has 0 saturated heterocycles. The predicted octanol–water partition coefficient (Wildman–Crippen LogP) is 5.06. The summed E-state index contributed by atoms with van der Waals surface area (Å²) in [5.41, 5.74) is 0.344. The molecule has 0 bridgehead atoms. The molecule has 1 nitrogen and oxygen atoms in total. The van der Waals surface area contributed by atoms with Crippen LogP contribution in [0.2, 0.25) is 5.02 Å². The lowest BCUT2D eigenvalue weighted by molar-refractivity contribution is 0.533. The maximum Gasteiger partial charge on any atom is 0.128 e. The molecule has 0 aliphatic rings. The highest BCUT2D eigenvalue weighted by Gasteiger charge is 2.16. The summed E-state index contributed by atoms with van der Waals surface area (Å²) in [5, 5.41) is 3.85. The molecule has 0 aromatic heterocycles. The Hall–Kier alpha value is -1.10. The van der Waals surface area contributed by atoms with E-state index in [1.807, 2.05) is 31.2 Å². The van der Waals surface area contributed by atoms with E-state index in [4.69, 9.17) is 11.6 Å². The van der Waals surface area contributed by atoms with Crippen molar-refractivity contribution in [2.24, 2.45) is 0 Å². The highest BCUT2D eigenvalue weighted by atomic mass is 35.5. The van der Waals surface area contributed by atoms with Crippen LogP contribution in [0.15, 0.2) is 47.4 Å². The minimum Gasteiger partial charge on any atom is -0.309 e. The summed E-state index contributed by atoms with van der Waals surface area (Å²) in [6, 6.07) is 10.8. The molecule has 2 aromatic rings. The number of halogens is 3. The molecule has 1 unspecified atom stereocenters. The first-order chi connectivity index (χ1) is 10.1. The van der Waals surface area contributed by atoms with E-state index in [0.717, 1.165) is 17.0 Å². The Bertz CT molecular complexity index is 607. The van der Waals surface area contributed by atoms with Crippen LogP contribution >= 0.6 is 23.4 Å². The zero-order valence-electron chi connectivity index (χ0n) is 11.6. The third kappa shape index (κ3) is 4.43. The summed E-state index contributed by atoms with van der Waals surface area (Å²) >= 11 is 7.63. The van der Waals surface area contributed by atoms with Gasteiger partial charge >= 0.3 is 0 Å². The minimum absolute atomic E-state index is 0.271. The molecule has 0 saturated carbocycles. The van der Waals surface area contributed by atoms with Gasteiger partial charge in [-0.1, -0.05) is 30.7 Å². The molecule has 5 heteroatoms. The zero-order valence-corrected chi connectivity index (χ0v) is 13.1. The van der Waals surface area contributed by atoms with Crippen LogP contribution in [0, 0.1) is 11.6 Å². The molecule has 0 amide bonds. The Balaban J connectivity index is 2.16. The fraction of sp³-hybridized carbons (Fsp3) is 0.250. The molecule has 0 aliphatic heterocycles. The van der Waals surface area contributed by atoms with Gasteiger partial charge in [-0.2, -0.15) is 0 Å². The largest absolute Gasteiger partial charge is 0.309 e. The maximum atomic E-state index is 13.9. The molecule has 1 N–H and O–H groups in total. The average Bonchev–Trinajstić information content (AvgIpc) is 2.48. The van der Waals surface area contributed by atoms with E-state index >= 15 is 0 Å². The van der Waals surface area contributed by atoms with Crippen molar-refractivity contribution in [1.82, 2.24) is 5.32 Å². The van der Waals surface area contributed by atoms with Crippen LogP contribution in [0.25, 0.3) is 0 Å². The van der Waals surface area contributed by atoms with Crippen molar-refractivity contribution < 1.29 is 8.78 Å². The first-order valence-electron chi connectivity index (χ1n) is 6.67. The summed E-state index contributed by atoms with van der Waals surface area (Å²) in [4.78, 5) is 0.930. The molecule has 0 heterocycles. The van der Waals surface area contributed by atoms with E-state index in [1.165, 1.54) is 17.8 Å². The van der Waals surface area contributed by atoms with Gasteiger partial charge in [0.2, 0.25) is 0 Å². The van der Waals surface area contributed by atoms with Crippen LogP contribution in [-0.2, 0) is 0 Å². The molecule has 0 aliphatic carbocycles. The van der Waals surface area contributed by atoms with Gasteiger partial charge in [0.1, 0.15) is 11.6 Å². The van der Waals surface area contributed by atoms with Gasteiger partial charge in [0.15, 0.2) is 0 Å². The molecule has 112 valence electrons. The van der Waals surface area contributed by atoms with Crippen molar-refractivity contribution in [3.63, 3.8) is 0 Å². The lowest BCUT2D eigenvalue weighted by Gasteiger charge is -2.19. The Labute approximate surface area is 132 Å². The summed E-state index contributed by atoms with van der Waals surface area (Å²) in [6.45, 7) is 2.61. The van der Waals surface area contributed by atoms with Crippen LogP contribution in [0.1, 0.15) is 18.5 Å². The van der Waals surface area contributed by atoms with E-state index < -0.39 is 11.6 Å². The fourth-order valence-electron chi connectivity index (χ4n) is 2.02. The lowest BCUT2D eigenvalue weighted by Crippen LogP contribution is -2.24. The molecule has 0 spiro atoms. The van der Waals surface area contributed by atoms with Crippen LogP contribution < -0.4 is 5.32 Å². The van der Waals surface area contributed by atoms with E-state index in [2.05, 4.69) is 5.32 Å². The number of nitrogens with one attached hydrogen (secondary N) is 1. The van der Waals surface area contributed by atoms with Crippen molar-refractivity contribution in [1.29, 1.82) is 0 Å². The van der Waals surface area contributed by atoms with Crippen LogP contribution in [0.4, 0.5) is 8.78 Å². The standard InChI is InChI=1S/C16H16ClF2NS/c1-2-20-15(12-9-11(18)7-8-14(12)19)10-21-16-6-4-3-5-13(16)17/h3-9,15,20H,2,10H2,1H3. The second-order valence-corrected chi connectivity index (χ2v) is 5.99. The normalized spacial score (nSPS) is 12.4. The number of thioether (sulfide) groups is 1. The van der Waals surface area contributed by atoms with Gasteiger partial charge in [-0.05, 0) is 36.9 Å². The first kappa shape index (κ1) is 16.3. The molecular formula is C16H16ClF2NS. The second-order valence-electron chi connectivity index (χ2n) is 4.52. The Morgan fingerprint density at radius 1 is 1.19 bits per heavy atom. The van der Waals surface area contributed by atoms with E-state index in [0.29, 0.717) is 22.9 Å². The van der Waals surface area contributed by atoms with Gasteiger partial charge in [0.05, 0.1) is 5.02 Å². The fourth-order valence-corrected chi connectivity index (χ4v) is 3.35. The average molecular weight is 328 g/mol. The van der Waals surface area contributed by atoms with Crippen molar-refractivity contribution in [2.45, 2.75) is 17.9 Å². The van der Waals surface area contributed by atoms with E-state index in [9.17, 15) is 8.78 Å². The van der Waals surface area contributed by atoms with Gasteiger partial charge in [0, 0.05) is 22.3 Å². The van der Waals surface area contributed by atoms with Gasteiger partial charge in [-0.25, -0.2) is 8.78 Å². The van der Waals surface area contributed by atoms with Crippen molar-refractivity contribution in [3.8, 4) is 0 Å². The lowest BCUT2D eigenvalue weighted by atomic mass is 10.1. The van der Waals surface area contributed by atoms with E-state index in [-0.39, 0.29) is 6.04 Å². The molecular weight excluding hydrogens is 312 g/mol. The van der Waals surface area contributed by atoms with Gasteiger partial charge in [-0.3, -0.25) is 0 Å². The molecule has 1 atom stereocenters. The molecule has 21 heavy (non-hydrogen) atoms. The SMILES string of the molecule is CCNC(CSc1ccccc1Cl)c1cc(F)ccc1F. The summed E-state index contributed by atoms with van der Waals surface area (Å²) in [5.74, 6) is -0.267. The van der Waals surface area contributed by atoms with Crippen molar-refractivity contribution >= 4 is 23.4 Å². The Kier molecular flexibility index (Phi) is 6.03. The Morgan fingerprint density at radius 2 is 1.95 bits per heavy atom. The van der Waals surface area contributed by atoms with Crippen molar-refractivity contribution in [3.05, 3.63) is 64.7 Å². The number of hydrogen-bond donors (Lipinski definition) is 1.